The average molecular weight is 406 g/mol. The first-order valence-corrected chi connectivity index (χ1v) is 8.16. The van der Waals surface area contributed by atoms with Gasteiger partial charge in [-0.25, -0.2) is 0 Å². The SMILES string of the molecule is Cc1cc(Br)c(NC(=O)[C@@H](C)N2CCOCC2)c(Br)c1. The first kappa shape index (κ1) is 15.9. The molecule has 0 bridgehead atoms. The molecule has 2 rings (SSSR count). The summed E-state index contributed by atoms with van der Waals surface area (Å²) in [6.07, 6.45) is 0. The van der Waals surface area contributed by atoms with Crippen molar-refractivity contribution in [2.45, 2.75) is 19.9 Å². The number of amides is 1. The second kappa shape index (κ2) is 7.02. The summed E-state index contributed by atoms with van der Waals surface area (Å²) < 4.78 is 7.07. The lowest BCUT2D eigenvalue weighted by molar-refractivity contribution is -0.122. The number of benzene rings is 1. The highest BCUT2D eigenvalue weighted by molar-refractivity contribution is 9.11. The van der Waals surface area contributed by atoms with Gasteiger partial charge in [0.1, 0.15) is 0 Å². The summed E-state index contributed by atoms with van der Waals surface area (Å²) in [4.78, 5) is 14.5. The Morgan fingerprint density at radius 1 is 1.30 bits per heavy atom. The van der Waals surface area contributed by atoms with Crippen LogP contribution in [0.1, 0.15) is 12.5 Å². The molecule has 1 saturated heterocycles. The summed E-state index contributed by atoms with van der Waals surface area (Å²) in [5.74, 6) is -0.00264. The molecular formula is C14H18Br2N2O2. The lowest BCUT2D eigenvalue weighted by atomic mass is 10.2. The van der Waals surface area contributed by atoms with Gasteiger partial charge in [-0.1, -0.05) is 0 Å². The van der Waals surface area contributed by atoms with Crippen LogP contribution >= 0.6 is 31.9 Å². The summed E-state index contributed by atoms with van der Waals surface area (Å²) in [7, 11) is 0. The largest absolute Gasteiger partial charge is 0.379 e. The maximum Gasteiger partial charge on any atom is 0.241 e. The predicted molar refractivity (Wildman–Crippen MR) is 87.1 cm³/mol. The Labute approximate surface area is 136 Å². The molecule has 0 aliphatic carbocycles. The fourth-order valence-corrected chi connectivity index (χ4v) is 3.79. The van der Waals surface area contributed by atoms with Gasteiger partial charge < -0.3 is 10.1 Å². The number of aryl methyl sites for hydroxylation is 1. The van der Waals surface area contributed by atoms with Crippen molar-refractivity contribution < 1.29 is 9.53 Å². The van der Waals surface area contributed by atoms with E-state index >= 15 is 0 Å². The number of anilines is 1. The summed E-state index contributed by atoms with van der Waals surface area (Å²) >= 11 is 6.99. The van der Waals surface area contributed by atoms with E-state index in [2.05, 4.69) is 42.1 Å². The standard InChI is InChI=1S/C14H18Br2N2O2/c1-9-7-11(15)13(12(16)8-9)17-14(19)10(2)18-3-5-20-6-4-18/h7-8,10H,3-6H2,1-2H3,(H,17,19)/t10-/m1/s1. The van der Waals surface area contributed by atoms with Crippen LogP contribution in [-0.2, 0) is 9.53 Å². The maximum absolute atomic E-state index is 12.4. The highest BCUT2D eigenvalue weighted by Crippen LogP contribution is 2.32. The molecule has 110 valence electrons. The second-order valence-corrected chi connectivity index (χ2v) is 6.63. The molecule has 0 saturated carbocycles. The number of nitrogens with one attached hydrogen (secondary N) is 1. The van der Waals surface area contributed by atoms with Crippen LogP contribution < -0.4 is 5.32 Å². The Balaban J connectivity index is 2.07. The van der Waals surface area contributed by atoms with Crippen LogP contribution in [-0.4, -0.2) is 43.2 Å². The van der Waals surface area contributed by atoms with E-state index in [1.165, 1.54) is 0 Å². The summed E-state index contributed by atoms with van der Waals surface area (Å²) in [5, 5.41) is 2.99. The molecule has 1 amide bonds. The summed E-state index contributed by atoms with van der Waals surface area (Å²) in [6.45, 7) is 6.91. The summed E-state index contributed by atoms with van der Waals surface area (Å²) in [6, 6.07) is 3.80. The van der Waals surface area contributed by atoms with Gasteiger partial charge in [-0.15, -0.1) is 0 Å². The molecule has 1 N–H and O–H groups in total. The Kier molecular flexibility index (Phi) is 5.60. The van der Waals surface area contributed by atoms with Crippen LogP contribution in [0.3, 0.4) is 0 Å². The van der Waals surface area contributed by atoms with E-state index in [1.54, 1.807) is 0 Å². The lowest BCUT2D eigenvalue weighted by Gasteiger charge is -2.31. The first-order valence-electron chi connectivity index (χ1n) is 6.57. The van der Waals surface area contributed by atoms with Gasteiger partial charge >= 0.3 is 0 Å². The monoisotopic (exact) mass is 404 g/mol. The number of halogens is 2. The Morgan fingerprint density at radius 3 is 2.40 bits per heavy atom. The van der Waals surface area contributed by atoms with Gasteiger partial charge in [-0.05, 0) is 63.4 Å². The van der Waals surface area contributed by atoms with Crippen molar-refractivity contribution in [3.05, 3.63) is 26.6 Å². The third kappa shape index (κ3) is 3.81. The number of hydrogen-bond acceptors (Lipinski definition) is 3. The van der Waals surface area contributed by atoms with Crippen molar-refractivity contribution >= 4 is 43.5 Å². The zero-order valence-corrected chi connectivity index (χ0v) is 14.8. The second-order valence-electron chi connectivity index (χ2n) is 4.92. The van der Waals surface area contributed by atoms with Gasteiger partial charge in [0.25, 0.3) is 0 Å². The van der Waals surface area contributed by atoms with E-state index in [4.69, 9.17) is 4.74 Å². The number of morpholine rings is 1. The van der Waals surface area contributed by atoms with Gasteiger partial charge in [0.15, 0.2) is 0 Å². The van der Waals surface area contributed by atoms with Crippen molar-refractivity contribution in [3.8, 4) is 0 Å². The van der Waals surface area contributed by atoms with Gasteiger partial charge in [-0.3, -0.25) is 9.69 Å². The van der Waals surface area contributed by atoms with Crippen LogP contribution in [0.4, 0.5) is 5.69 Å². The van der Waals surface area contributed by atoms with E-state index in [1.807, 2.05) is 26.0 Å². The van der Waals surface area contributed by atoms with E-state index in [0.717, 1.165) is 33.3 Å². The van der Waals surface area contributed by atoms with Crippen LogP contribution in [0.25, 0.3) is 0 Å². The van der Waals surface area contributed by atoms with E-state index in [0.29, 0.717) is 13.2 Å². The molecule has 1 heterocycles. The molecule has 1 aromatic carbocycles. The lowest BCUT2D eigenvalue weighted by Crippen LogP contribution is -2.47. The number of carbonyl (C=O) groups is 1. The van der Waals surface area contributed by atoms with Crippen LogP contribution in [0, 0.1) is 6.92 Å². The van der Waals surface area contributed by atoms with Crippen molar-refractivity contribution in [1.29, 1.82) is 0 Å². The Hall–Kier alpha value is -0.430. The Morgan fingerprint density at radius 2 is 1.85 bits per heavy atom. The average Bonchev–Trinajstić information content (AvgIpc) is 2.42. The van der Waals surface area contributed by atoms with E-state index in [9.17, 15) is 4.79 Å². The molecule has 1 aromatic rings. The number of rotatable bonds is 3. The number of hydrogen-bond donors (Lipinski definition) is 1. The molecule has 1 aliphatic heterocycles. The van der Waals surface area contributed by atoms with E-state index in [-0.39, 0.29) is 11.9 Å². The zero-order chi connectivity index (χ0) is 14.7. The Bertz CT molecular complexity index is 479. The molecule has 6 heteroatoms. The molecule has 0 radical (unpaired) electrons. The van der Waals surface area contributed by atoms with Crippen LogP contribution in [0.15, 0.2) is 21.1 Å². The fourth-order valence-electron chi connectivity index (χ4n) is 2.18. The van der Waals surface area contributed by atoms with Gasteiger partial charge in [0.2, 0.25) is 5.91 Å². The molecular weight excluding hydrogens is 388 g/mol. The van der Waals surface area contributed by atoms with Gasteiger partial charge in [0.05, 0.1) is 24.9 Å². The molecule has 1 atom stereocenters. The molecule has 4 nitrogen and oxygen atoms in total. The maximum atomic E-state index is 12.4. The molecule has 1 fully saturated rings. The number of carbonyl (C=O) groups excluding carboxylic acids is 1. The highest BCUT2D eigenvalue weighted by Gasteiger charge is 2.24. The fraction of sp³-hybridized carbons (Fsp3) is 0.500. The molecule has 0 spiro atoms. The quantitative estimate of drug-likeness (QED) is 0.839. The minimum Gasteiger partial charge on any atom is -0.379 e. The number of ether oxygens (including phenoxy) is 1. The predicted octanol–water partition coefficient (Wildman–Crippen LogP) is 3.18. The smallest absolute Gasteiger partial charge is 0.241 e. The minimum absolute atomic E-state index is 0.00264. The molecule has 0 aromatic heterocycles. The van der Waals surface area contributed by atoms with Gasteiger partial charge in [0, 0.05) is 22.0 Å². The van der Waals surface area contributed by atoms with Crippen LogP contribution in [0.5, 0.6) is 0 Å². The van der Waals surface area contributed by atoms with Crippen molar-refractivity contribution in [2.24, 2.45) is 0 Å². The minimum atomic E-state index is -0.168. The highest BCUT2D eigenvalue weighted by atomic mass is 79.9. The third-order valence-corrected chi connectivity index (χ3v) is 4.66. The third-order valence-electron chi connectivity index (χ3n) is 3.41. The van der Waals surface area contributed by atoms with Crippen LogP contribution in [0.2, 0.25) is 0 Å². The summed E-state index contributed by atoms with van der Waals surface area (Å²) in [5.41, 5.74) is 1.91. The number of nitrogens with zero attached hydrogens (tertiary/aromatic N) is 1. The first-order chi connectivity index (χ1) is 9.49. The topological polar surface area (TPSA) is 41.6 Å². The van der Waals surface area contributed by atoms with E-state index < -0.39 is 0 Å². The zero-order valence-electron chi connectivity index (χ0n) is 11.6. The van der Waals surface area contributed by atoms with Crippen molar-refractivity contribution in [2.75, 3.05) is 31.6 Å². The molecule has 1 aliphatic rings. The van der Waals surface area contributed by atoms with Crippen molar-refractivity contribution in [1.82, 2.24) is 4.90 Å². The normalized spacial score (nSPS) is 17.8. The van der Waals surface area contributed by atoms with Crippen molar-refractivity contribution in [3.63, 3.8) is 0 Å². The molecule has 0 unspecified atom stereocenters. The molecule has 20 heavy (non-hydrogen) atoms. The van der Waals surface area contributed by atoms with Gasteiger partial charge in [-0.2, -0.15) is 0 Å².